The second kappa shape index (κ2) is 18.4. The van der Waals surface area contributed by atoms with E-state index in [9.17, 15) is 4.79 Å². The number of hydrogen-bond acceptors (Lipinski definition) is 9. The van der Waals surface area contributed by atoms with Crippen LogP contribution >= 0.6 is 8.17 Å². The van der Waals surface area contributed by atoms with Gasteiger partial charge >= 0.3 is 35.2 Å². The zero-order chi connectivity index (χ0) is 13.5. The van der Waals surface area contributed by atoms with Crippen molar-refractivity contribution < 1.29 is 80.2 Å². The molecular weight excluding hydrogens is 551 g/mol. The normalized spacial score (nSPS) is 7.59. The molecule has 0 atom stereocenters. The van der Waals surface area contributed by atoms with Crippen molar-refractivity contribution in [3.05, 3.63) is 34.7 Å². The molecule has 1 aromatic rings. The summed E-state index contributed by atoms with van der Waals surface area (Å²) in [7, 11) is -4.47. The van der Waals surface area contributed by atoms with Gasteiger partial charge in [0.1, 0.15) is 5.56 Å². The Bertz CT molecular complexity index is 412. The van der Waals surface area contributed by atoms with E-state index in [1.807, 2.05) is 0 Å². The van der Waals surface area contributed by atoms with Crippen LogP contribution in [0.4, 0.5) is 0 Å². The average Bonchev–Trinajstić information content (AvgIpc) is 2.16. The van der Waals surface area contributed by atoms with E-state index in [0.717, 1.165) is 0 Å². The number of carbonyl (C=O) groups is 1. The van der Waals surface area contributed by atoms with E-state index in [1.54, 1.807) is 0 Å². The molecule has 0 aromatic heterocycles. The molecule has 0 saturated heterocycles. The molecule has 11 nitrogen and oxygen atoms in total. The van der Waals surface area contributed by atoms with E-state index in [2.05, 4.69) is 4.52 Å². The van der Waals surface area contributed by atoms with Crippen molar-refractivity contribution in [2.45, 2.75) is 0 Å². The molecule has 11 N–H and O–H groups in total. The van der Waals surface area contributed by atoms with Crippen LogP contribution in [-0.4, -0.2) is 31.0 Å². The Balaban J connectivity index is -0.0000000742. The number of halogens is 2. The van der Waals surface area contributed by atoms with Crippen molar-refractivity contribution in [1.29, 1.82) is 0 Å². The molecule has 1 aromatic carbocycles. The maximum Gasteiger partial charge on any atom is 4.00 e. The predicted octanol–water partition coefficient (Wildman–Crippen LogP) is -5.11. The van der Waals surface area contributed by atoms with Crippen LogP contribution in [0.2, 0.25) is 0 Å². The van der Waals surface area contributed by atoms with Gasteiger partial charge in [-0.05, 0) is 12.1 Å². The fourth-order valence-electron chi connectivity index (χ4n) is 0.855. The van der Waals surface area contributed by atoms with Crippen LogP contribution in [0.5, 0.6) is 5.75 Å². The molecule has 15 heteroatoms. The molecule has 1 rings (SSSR count). The molecule has 22 heavy (non-hydrogen) atoms. The van der Waals surface area contributed by atoms with Crippen LogP contribution in [0, 0.1) is 4.91 Å². The van der Waals surface area contributed by atoms with Gasteiger partial charge in [-0.15, -0.1) is 4.91 Å². The Kier molecular flexibility index (Phi) is 31.5. The Morgan fingerprint density at radius 1 is 1.09 bits per heavy atom. The summed E-state index contributed by atoms with van der Waals surface area (Å²) >= 11 is 0. The van der Waals surface area contributed by atoms with E-state index >= 15 is 0 Å². The molecule has 0 radical (unpaired) electrons. The summed E-state index contributed by atoms with van der Waals surface area (Å²) in [6.45, 7) is 0. The van der Waals surface area contributed by atoms with Gasteiger partial charge in [0.25, 0.3) is 0 Å². The Hall–Kier alpha value is -0.612. The summed E-state index contributed by atoms with van der Waals surface area (Å²) in [5.74, 6) is -1.57. The van der Waals surface area contributed by atoms with Gasteiger partial charge in [0.15, 0.2) is 11.1 Å². The summed E-state index contributed by atoms with van der Waals surface area (Å²) in [6.07, 6.45) is 0. The maximum absolute atomic E-state index is 10.6. The first kappa shape index (κ1) is 37.5. The van der Waals surface area contributed by atoms with Crippen LogP contribution < -0.4 is 41.6 Å². The monoisotopic (exact) mass is 565 g/mol. The number of carboxylic acids is 1. The molecule has 0 saturated carbocycles. The number of benzene rings is 1. The van der Waals surface area contributed by atoms with Crippen molar-refractivity contribution >= 4 is 14.1 Å². The molecular formula is C7H15Cl2N3O8PPt+3. The van der Waals surface area contributed by atoms with Gasteiger partial charge < -0.3 is 47.4 Å². The second-order valence-corrected chi connectivity index (χ2v) is 3.70. The minimum Gasteiger partial charge on any atom is -1.00 e. The summed E-state index contributed by atoms with van der Waals surface area (Å²) in [4.78, 5) is 44.5. The summed E-state index contributed by atoms with van der Waals surface area (Å²) in [5, 5.41) is 16.5. The van der Waals surface area contributed by atoms with E-state index in [1.165, 1.54) is 29.6 Å². The van der Waals surface area contributed by atoms with Crippen molar-refractivity contribution in [3.63, 3.8) is 0 Å². The van der Waals surface area contributed by atoms with Crippen LogP contribution in [0.3, 0.4) is 0 Å². The van der Waals surface area contributed by atoms with Crippen LogP contribution in [-0.2, 0) is 21.1 Å². The fraction of sp³-hybridized carbons (Fsp3) is 0. The molecule has 0 spiro atoms. The van der Waals surface area contributed by atoms with E-state index in [-0.39, 0.29) is 69.5 Å². The molecule has 0 fully saturated rings. The predicted molar refractivity (Wildman–Crippen MR) is 65.2 cm³/mol. The number of hydrogen-bond donors (Lipinski definition) is 7. The third kappa shape index (κ3) is 17.4. The summed E-state index contributed by atoms with van der Waals surface area (Å²) < 4.78 is 4.29. The van der Waals surface area contributed by atoms with E-state index in [4.69, 9.17) is 29.9 Å². The van der Waals surface area contributed by atoms with Crippen molar-refractivity contribution in [3.8, 4) is 5.75 Å². The quantitative estimate of drug-likeness (QED) is 0.105. The Morgan fingerprint density at radius 3 is 1.77 bits per heavy atom. The first-order valence-electron chi connectivity index (χ1n) is 3.87. The van der Waals surface area contributed by atoms with Crippen molar-refractivity contribution in [2.75, 3.05) is 0 Å². The van der Waals surface area contributed by atoms with Crippen molar-refractivity contribution in [1.82, 2.24) is 12.3 Å². The Labute approximate surface area is 152 Å². The molecule has 0 amide bonds. The Morgan fingerprint density at radius 2 is 1.45 bits per heavy atom. The van der Waals surface area contributed by atoms with Gasteiger partial charge in [0.05, 0.1) is 0 Å². The smallest absolute Gasteiger partial charge is 1.00 e. The standard InChI is InChI=1S/C7H7O6P.2ClH.HNO2.2H3N.Pt/c8-7(9)5-3-1-2-4-6(5)13-14(10,11)12;;;2-1-3;;;/h1-4,10-12H;2*1H;(H,2,3);2*1H3;/q;;;;;;+4/p-1. The number of aromatic carboxylic acids is 1. The van der Waals surface area contributed by atoms with Crippen LogP contribution in [0.1, 0.15) is 10.4 Å². The molecule has 0 aliphatic rings. The molecule has 0 unspecified atom stereocenters. The number of carboxylic acid groups (broad SMARTS) is 1. The largest absolute Gasteiger partial charge is 4.00 e. The van der Waals surface area contributed by atoms with Gasteiger partial charge in [-0.2, -0.15) is 14.7 Å². The molecule has 0 heterocycles. The fourth-order valence-corrected chi connectivity index (χ4v) is 1.28. The molecule has 0 aliphatic heterocycles. The molecule has 0 aliphatic carbocycles. The van der Waals surface area contributed by atoms with Gasteiger partial charge in [-0.3, -0.25) is 4.52 Å². The van der Waals surface area contributed by atoms with Crippen molar-refractivity contribution in [2.24, 2.45) is 5.34 Å². The van der Waals surface area contributed by atoms with E-state index in [0.29, 0.717) is 0 Å². The number of nitrogens with zero attached hydrogens (tertiary/aromatic N) is 1. The average molecular weight is 566 g/mol. The first-order valence-corrected chi connectivity index (χ1v) is 5.44. The second-order valence-electron chi connectivity index (χ2n) is 2.49. The van der Waals surface area contributed by atoms with Gasteiger partial charge in [-0.25, -0.2) is 4.79 Å². The molecule has 0 bridgehead atoms. The molecule has 132 valence electrons. The minimum atomic E-state index is -4.47. The topological polar surface area (TPSA) is 227 Å². The third-order valence-electron chi connectivity index (χ3n) is 1.34. The summed E-state index contributed by atoms with van der Waals surface area (Å²) in [6, 6.07) is 5.31. The first-order chi connectivity index (χ1) is 7.81. The third-order valence-corrected chi connectivity index (χ3v) is 1.78. The van der Waals surface area contributed by atoms with Gasteiger partial charge in [0.2, 0.25) is 0 Å². The van der Waals surface area contributed by atoms with E-state index < -0.39 is 14.1 Å². The van der Waals surface area contributed by atoms with Crippen LogP contribution in [0.15, 0.2) is 29.6 Å². The number of rotatable bonds is 3. The zero-order valence-corrected chi connectivity index (χ0v) is 15.3. The van der Waals surface area contributed by atoms with Gasteiger partial charge in [-0.1, -0.05) is 12.1 Å². The maximum atomic E-state index is 10.6. The SMILES string of the molecule is N.N.O=C(O)c1ccccc1O[P+](O)(O)O.O=NO.[Cl-].[Cl-].[Pt+4]. The van der Waals surface area contributed by atoms with Crippen LogP contribution in [0.25, 0.3) is 0 Å². The zero-order valence-electron chi connectivity index (χ0n) is 10.7. The number of para-hydroxylation sites is 1. The van der Waals surface area contributed by atoms with Gasteiger partial charge in [0, 0.05) is 0 Å². The summed E-state index contributed by atoms with van der Waals surface area (Å²) in [5.41, 5.74) is -0.256. The minimum absolute atomic E-state index is 0.